The van der Waals surface area contributed by atoms with Crippen LogP contribution in [0.25, 0.3) is 0 Å². The number of carbonyl (C=O) groups excluding carboxylic acids is 1. The minimum Gasteiger partial charge on any atom is -0.491 e. The van der Waals surface area contributed by atoms with Crippen molar-refractivity contribution in [3.05, 3.63) is 29.8 Å². The number of benzene rings is 1. The van der Waals surface area contributed by atoms with Crippen molar-refractivity contribution >= 4 is 21.7 Å². The van der Waals surface area contributed by atoms with Gasteiger partial charge in [0.2, 0.25) is 0 Å². The molecule has 0 radical (unpaired) electrons. The quantitative estimate of drug-likeness (QED) is 0.659. The highest BCUT2D eigenvalue weighted by atomic mass is 79.9. The first kappa shape index (κ1) is 12.2. The molecule has 0 aliphatic carbocycles. The molecular formula is C11H13BrO3. The van der Waals surface area contributed by atoms with Gasteiger partial charge in [0.05, 0.1) is 6.10 Å². The van der Waals surface area contributed by atoms with Gasteiger partial charge in [0.15, 0.2) is 5.78 Å². The number of rotatable bonds is 5. The summed E-state index contributed by atoms with van der Waals surface area (Å²) in [6.07, 6.45) is -0.516. The highest BCUT2D eigenvalue weighted by molar-refractivity contribution is 9.09. The maximum atomic E-state index is 11.0. The van der Waals surface area contributed by atoms with Crippen LogP contribution in [0.15, 0.2) is 24.3 Å². The Morgan fingerprint density at radius 2 is 2.07 bits per heavy atom. The van der Waals surface area contributed by atoms with Crippen LogP contribution in [0.2, 0.25) is 0 Å². The van der Waals surface area contributed by atoms with Crippen molar-refractivity contribution in [3.8, 4) is 5.75 Å². The van der Waals surface area contributed by atoms with E-state index < -0.39 is 6.10 Å². The van der Waals surface area contributed by atoms with Crippen molar-refractivity contribution in [2.24, 2.45) is 0 Å². The van der Waals surface area contributed by atoms with Crippen molar-refractivity contribution in [2.45, 2.75) is 13.0 Å². The van der Waals surface area contributed by atoms with E-state index in [1.807, 2.05) is 0 Å². The molecule has 1 unspecified atom stereocenters. The Morgan fingerprint density at radius 1 is 1.47 bits per heavy atom. The fourth-order valence-corrected chi connectivity index (χ4v) is 1.21. The summed E-state index contributed by atoms with van der Waals surface area (Å²) in [6.45, 7) is 1.76. The molecule has 0 bridgehead atoms. The minimum atomic E-state index is -0.516. The molecule has 0 saturated heterocycles. The predicted octanol–water partition coefficient (Wildman–Crippen LogP) is 2.02. The number of aliphatic hydroxyl groups excluding tert-OH is 1. The molecule has 3 nitrogen and oxygen atoms in total. The maximum absolute atomic E-state index is 11.0. The van der Waals surface area contributed by atoms with E-state index in [0.29, 0.717) is 16.6 Å². The highest BCUT2D eigenvalue weighted by Gasteiger charge is 2.03. The van der Waals surface area contributed by atoms with E-state index in [0.717, 1.165) is 0 Å². The summed E-state index contributed by atoms with van der Waals surface area (Å²) in [7, 11) is 0. The van der Waals surface area contributed by atoms with Gasteiger partial charge in [0.1, 0.15) is 12.4 Å². The molecule has 0 spiro atoms. The Bertz CT molecular complexity index is 321. The molecule has 0 amide bonds. The van der Waals surface area contributed by atoms with Crippen LogP contribution in [0.1, 0.15) is 17.3 Å². The Balaban J connectivity index is 2.53. The molecule has 4 heteroatoms. The maximum Gasteiger partial charge on any atom is 0.159 e. The Labute approximate surface area is 97.2 Å². The zero-order chi connectivity index (χ0) is 11.3. The number of Topliss-reactive ketones (excluding diaryl/α,β-unsaturated/α-hetero) is 1. The number of hydrogen-bond acceptors (Lipinski definition) is 3. The van der Waals surface area contributed by atoms with Crippen LogP contribution >= 0.6 is 15.9 Å². The average Bonchev–Trinajstić information content (AvgIpc) is 2.26. The predicted molar refractivity (Wildman–Crippen MR) is 61.7 cm³/mol. The van der Waals surface area contributed by atoms with Crippen molar-refractivity contribution < 1.29 is 14.6 Å². The minimum absolute atomic E-state index is 0.0297. The van der Waals surface area contributed by atoms with Crippen molar-refractivity contribution in [2.75, 3.05) is 11.9 Å². The fraction of sp³-hybridized carbons (Fsp3) is 0.364. The van der Waals surface area contributed by atoms with Gasteiger partial charge in [-0.3, -0.25) is 4.79 Å². The highest BCUT2D eigenvalue weighted by Crippen LogP contribution is 2.12. The number of ether oxygens (including phenoxy) is 1. The van der Waals surface area contributed by atoms with Gasteiger partial charge in [-0.15, -0.1) is 0 Å². The second-order valence-electron chi connectivity index (χ2n) is 3.20. The molecule has 1 aromatic carbocycles. The Morgan fingerprint density at radius 3 is 2.53 bits per heavy atom. The first-order valence-corrected chi connectivity index (χ1v) is 5.73. The lowest BCUT2D eigenvalue weighted by molar-refractivity contribution is 0.101. The second kappa shape index (κ2) is 5.88. The van der Waals surface area contributed by atoms with Crippen LogP contribution in [0.5, 0.6) is 5.75 Å². The molecular weight excluding hydrogens is 260 g/mol. The fourth-order valence-electron chi connectivity index (χ4n) is 1.02. The number of carbonyl (C=O) groups is 1. The lowest BCUT2D eigenvalue weighted by atomic mass is 10.1. The molecule has 0 heterocycles. The van der Waals surface area contributed by atoms with Gasteiger partial charge in [0, 0.05) is 10.9 Å². The lowest BCUT2D eigenvalue weighted by Crippen LogP contribution is -2.18. The van der Waals surface area contributed by atoms with Gasteiger partial charge in [-0.05, 0) is 31.2 Å². The number of aliphatic hydroxyl groups is 1. The average molecular weight is 273 g/mol. The number of alkyl halides is 1. The summed E-state index contributed by atoms with van der Waals surface area (Å²) in [5, 5.41) is 9.72. The van der Waals surface area contributed by atoms with E-state index in [1.165, 1.54) is 6.92 Å². The molecule has 1 rings (SSSR count). The standard InChI is InChI=1S/C11H13BrO3/c1-8(13)9-2-4-11(5-3-9)15-7-10(14)6-12/h2-5,10,14H,6-7H2,1H3. The van der Waals surface area contributed by atoms with Gasteiger partial charge in [-0.2, -0.15) is 0 Å². The summed E-state index contributed by atoms with van der Waals surface area (Å²) in [5.74, 6) is 0.682. The SMILES string of the molecule is CC(=O)c1ccc(OCC(O)CBr)cc1. The first-order chi connectivity index (χ1) is 7.13. The molecule has 0 fully saturated rings. The Kier molecular flexibility index (Phi) is 4.78. The van der Waals surface area contributed by atoms with Crippen LogP contribution in [0.3, 0.4) is 0 Å². The van der Waals surface area contributed by atoms with Crippen LogP contribution in [-0.2, 0) is 0 Å². The van der Waals surface area contributed by atoms with Crippen LogP contribution in [0, 0.1) is 0 Å². The summed E-state index contributed by atoms with van der Waals surface area (Å²) < 4.78 is 5.30. The second-order valence-corrected chi connectivity index (χ2v) is 3.85. The van der Waals surface area contributed by atoms with E-state index in [-0.39, 0.29) is 12.4 Å². The molecule has 1 N–H and O–H groups in total. The van der Waals surface area contributed by atoms with E-state index >= 15 is 0 Å². The smallest absolute Gasteiger partial charge is 0.159 e. The van der Waals surface area contributed by atoms with Gasteiger partial charge in [-0.1, -0.05) is 15.9 Å². The van der Waals surface area contributed by atoms with Crippen LogP contribution < -0.4 is 4.74 Å². The van der Waals surface area contributed by atoms with E-state index in [1.54, 1.807) is 24.3 Å². The molecule has 1 aromatic rings. The molecule has 0 aromatic heterocycles. The summed E-state index contributed by atoms with van der Waals surface area (Å²) in [5.41, 5.74) is 0.656. The number of hydrogen-bond donors (Lipinski definition) is 1. The van der Waals surface area contributed by atoms with Gasteiger partial charge in [0.25, 0.3) is 0 Å². The summed E-state index contributed by atoms with van der Waals surface area (Å²) in [6, 6.07) is 6.85. The third-order valence-electron chi connectivity index (χ3n) is 1.88. The van der Waals surface area contributed by atoms with Gasteiger partial charge in [-0.25, -0.2) is 0 Å². The number of halogens is 1. The van der Waals surface area contributed by atoms with E-state index in [4.69, 9.17) is 4.74 Å². The third kappa shape index (κ3) is 4.01. The van der Waals surface area contributed by atoms with Crippen molar-refractivity contribution in [1.82, 2.24) is 0 Å². The molecule has 0 aliphatic rings. The van der Waals surface area contributed by atoms with Crippen LogP contribution in [0.4, 0.5) is 0 Å². The van der Waals surface area contributed by atoms with Crippen LogP contribution in [-0.4, -0.2) is 28.9 Å². The summed E-state index contributed by atoms with van der Waals surface area (Å²) >= 11 is 3.14. The van der Waals surface area contributed by atoms with Crippen molar-refractivity contribution in [1.29, 1.82) is 0 Å². The van der Waals surface area contributed by atoms with E-state index in [2.05, 4.69) is 15.9 Å². The zero-order valence-electron chi connectivity index (χ0n) is 8.44. The molecule has 0 aliphatic heterocycles. The number of ketones is 1. The monoisotopic (exact) mass is 272 g/mol. The summed E-state index contributed by atoms with van der Waals surface area (Å²) in [4.78, 5) is 11.0. The van der Waals surface area contributed by atoms with Crippen molar-refractivity contribution in [3.63, 3.8) is 0 Å². The molecule has 82 valence electrons. The van der Waals surface area contributed by atoms with E-state index in [9.17, 15) is 9.90 Å². The first-order valence-electron chi connectivity index (χ1n) is 4.61. The molecule has 0 saturated carbocycles. The molecule has 1 atom stereocenters. The van der Waals surface area contributed by atoms with Gasteiger partial charge < -0.3 is 9.84 Å². The van der Waals surface area contributed by atoms with Gasteiger partial charge >= 0.3 is 0 Å². The molecule has 15 heavy (non-hydrogen) atoms. The Hall–Kier alpha value is -0.870. The normalized spacial score (nSPS) is 12.2. The topological polar surface area (TPSA) is 46.5 Å². The lowest BCUT2D eigenvalue weighted by Gasteiger charge is -2.09. The third-order valence-corrected chi connectivity index (χ3v) is 2.63. The largest absolute Gasteiger partial charge is 0.491 e. The zero-order valence-corrected chi connectivity index (χ0v) is 10.0.